The third-order valence-electron chi connectivity index (χ3n) is 5.41. The fourth-order valence-electron chi connectivity index (χ4n) is 3.53. The molecular formula is C19H25N3O5S. The molecule has 1 heterocycles. The summed E-state index contributed by atoms with van der Waals surface area (Å²) in [5, 5.41) is 2.33. The van der Waals surface area contributed by atoms with Gasteiger partial charge in [0.05, 0.1) is 16.4 Å². The number of sulfonamides is 1. The van der Waals surface area contributed by atoms with Gasteiger partial charge in [-0.15, -0.1) is 0 Å². The van der Waals surface area contributed by atoms with Crippen LogP contribution in [0.25, 0.3) is 0 Å². The highest BCUT2D eigenvalue weighted by molar-refractivity contribution is 7.90. The molecule has 2 N–H and O–H groups in total. The van der Waals surface area contributed by atoms with Crippen molar-refractivity contribution < 1.29 is 22.8 Å². The van der Waals surface area contributed by atoms with Crippen molar-refractivity contribution in [2.45, 2.75) is 50.8 Å². The van der Waals surface area contributed by atoms with Crippen molar-refractivity contribution in [1.29, 1.82) is 0 Å². The molecule has 0 aromatic heterocycles. The van der Waals surface area contributed by atoms with Crippen molar-refractivity contribution in [3.8, 4) is 0 Å². The van der Waals surface area contributed by atoms with Gasteiger partial charge in [-0.25, -0.2) is 13.1 Å². The highest BCUT2D eigenvalue weighted by atomic mass is 32.2. The molecule has 0 atom stereocenters. The quantitative estimate of drug-likeness (QED) is 0.722. The largest absolute Gasteiger partial charge is 0.326 e. The number of rotatable bonds is 5. The van der Waals surface area contributed by atoms with E-state index in [-0.39, 0.29) is 35.2 Å². The zero-order valence-corrected chi connectivity index (χ0v) is 17.0. The first-order chi connectivity index (χ1) is 13.1. The average Bonchev–Trinajstić information content (AvgIpc) is 2.86. The van der Waals surface area contributed by atoms with Crippen LogP contribution in [0.2, 0.25) is 0 Å². The Labute approximate surface area is 164 Å². The molecule has 3 rings (SSSR count). The van der Waals surface area contributed by atoms with Gasteiger partial charge in [0.1, 0.15) is 0 Å². The summed E-state index contributed by atoms with van der Waals surface area (Å²) in [6, 6.07) is 4.55. The smallest absolute Gasteiger partial charge is 0.261 e. The number of fused-ring (bicyclic) bond motifs is 1. The number of anilines is 1. The molecule has 8 nitrogen and oxygen atoms in total. The molecule has 0 spiro atoms. The van der Waals surface area contributed by atoms with Gasteiger partial charge < -0.3 is 5.32 Å². The van der Waals surface area contributed by atoms with Crippen molar-refractivity contribution in [2.24, 2.45) is 5.92 Å². The van der Waals surface area contributed by atoms with Crippen LogP contribution in [0.4, 0.5) is 5.69 Å². The van der Waals surface area contributed by atoms with Gasteiger partial charge in [-0.3, -0.25) is 19.3 Å². The lowest BCUT2D eigenvalue weighted by Gasteiger charge is -2.28. The van der Waals surface area contributed by atoms with Crippen molar-refractivity contribution in [3.05, 3.63) is 29.3 Å². The maximum Gasteiger partial charge on any atom is 0.261 e. The Kier molecular flexibility index (Phi) is 5.58. The number of benzene rings is 1. The van der Waals surface area contributed by atoms with E-state index in [1.54, 1.807) is 26.0 Å². The molecule has 1 aliphatic carbocycles. The number of carbonyl (C=O) groups excluding carboxylic acids is 3. The van der Waals surface area contributed by atoms with Crippen molar-refractivity contribution in [3.63, 3.8) is 0 Å². The zero-order chi connectivity index (χ0) is 20.6. The van der Waals surface area contributed by atoms with Crippen molar-refractivity contribution in [1.82, 2.24) is 9.62 Å². The lowest BCUT2D eigenvalue weighted by Crippen LogP contribution is -2.42. The SMILES string of the molecule is CC(C)S(=O)(=O)NC1CCC(C(=O)Nc2ccc3c(c2)C(=O)N(C)C3=O)CC1. The van der Waals surface area contributed by atoms with Gasteiger partial charge in [-0.05, 0) is 57.7 Å². The van der Waals surface area contributed by atoms with E-state index < -0.39 is 15.3 Å². The van der Waals surface area contributed by atoms with Gasteiger partial charge in [0.15, 0.2) is 0 Å². The second-order valence-corrected chi connectivity index (χ2v) is 9.95. The number of hydrogen-bond donors (Lipinski definition) is 2. The number of nitrogens with one attached hydrogen (secondary N) is 2. The molecule has 9 heteroatoms. The summed E-state index contributed by atoms with van der Waals surface area (Å²) in [5.41, 5.74) is 1.10. The molecule has 1 aromatic carbocycles. The van der Waals surface area contributed by atoms with E-state index in [0.717, 1.165) is 4.90 Å². The van der Waals surface area contributed by atoms with Crippen LogP contribution in [0.5, 0.6) is 0 Å². The van der Waals surface area contributed by atoms with E-state index >= 15 is 0 Å². The van der Waals surface area contributed by atoms with Gasteiger partial charge >= 0.3 is 0 Å². The number of hydrogen-bond acceptors (Lipinski definition) is 5. The predicted octanol–water partition coefficient (Wildman–Crippen LogP) is 1.74. The van der Waals surface area contributed by atoms with Gasteiger partial charge in [0.25, 0.3) is 11.8 Å². The molecule has 0 unspecified atom stereocenters. The molecule has 0 bridgehead atoms. The molecule has 1 fully saturated rings. The van der Waals surface area contributed by atoms with Crippen LogP contribution in [-0.2, 0) is 14.8 Å². The van der Waals surface area contributed by atoms with Gasteiger partial charge in [-0.1, -0.05) is 0 Å². The molecule has 2 aliphatic rings. The Morgan fingerprint density at radius 2 is 1.68 bits per heavy atom. The Morgan fingerprint density at radius 1 is 1.07 bits per heavy atom. The summed E-state index contributed by atoms with van der Waals surface area (Å²) < 4.78 is 26.7. The first kappa shape index (κ1) is 20.5. The Hall–Kier alpha value is -2.26. The third-order valence-corrected chi connectivity index (χ3v) is 7.31. The second kappa shape index (κ2) is 7.63. The maximum absolute atomic E-state index is 12.6. The Balaban J connectivity index is 1.59. The molecule has 1 saturated carbocycles. The van der Waals surface area contributed by atoms with Crippen molar-refractivity contribution >= 4 is 33.4 Å². The van der Waals surface area contributed by atoms with Crippen LogP contribution >= 0.6 is 0 Å². The minimum atomic E-state index is -3.32. The Bertz CT molecular complexity index is 917. The maximum atomic E-state index is 12.6. The predicted molar refractivity (Wildman–Crippen MR) is 104 cm³/mol. The third kappa shape index (κ3) is 3.95. The summed E-state index contributed by atoms with van der Waals surface area (Å²) >= 11 is 0. The van der Waals surface area contributed by atoms with Crippen LogP contribution in [0.3, 0.4) is 0 Å². The number of amides is 3. The monoisotopic (exact) mass is 407 g/mol. The highest BCUT2D eigenvalue weighted by Crippen LogP contribution is 2.28. The fraction of sp³-hybridized carbons (Fsp3) is 0.526. The lowest BCUT2D eigenvalue weighted by molar-refractivity contribution is -0.120. The fourth-order valence-corrected chi connectivity index (χ4v) is 4.50. The van der Waals surface area contributed by atoms with E-state index in [9.17, 15) is 22.8 Å². The van der Waals surface area contributed by atoms with Gasteiger partial charge in [-0.2, -0.15) is 0 Å². The van der Waals surface area contributed by atoms with Crippen LogP contribution in [0, 0.1) is 5.92 Å². The van der Waals surface area contributed by atoms with E-state index in [0.29, 0.717) is 36.9 Å². The minimum absolute atomic E-state index is 0.143. The molecular weight excluding hydrogens is 382 g/mol. The van der Waals surface area contributed by atoms with Gasteiger partial charge in [0, 0.05) is 24.7 Å². The summed E-state index contributed by atoms with van der Waals surface area (Å²) in [5.74, 6) is -1.10. The molecule has 152 valence electrons. The van der Waals surface area contributed by atoms with Crippen LogP contribution in [0.1, 0.15) is 60.2 Å². The number of carbonyl (C=O) groups is 3. The molecule has 0 radical (unpaired) electrons. The topological polar surface area (TPSA) is 113 Å². The van der Waals surface area contributed by atoms with Crippen molar-refractivity contribution in [2.75, 3.05) is 12.4 Å². The average molecular weight is 407 g/mol. The highest BCUT2D eigenvalue weighted by Gasteiger charge is 2.33. The summed E-state index contributed by atoms with van der Waals surface area (Å²) in [6.45, 7) is 3.27. The van der Waals surface area contributed by atoms with E-state index in [1.807, 2.05) is 0 Å². The van der Waals surface area contributed by atoms with E-state index in [1.165, 1.54) is 13.1 Å². The summed E-state index contributed by atoms with van der Waals surface area (Å²) in [6.07, 6.45) is 2.38. The number of imide groups is 1. The first-order valence-corrected chi connectivity index (χ1v) is 10.9. The first-order valence-electron chi connectivity index (χ1n) is 9.38. The standard InChI is InChI=1S/C19H25N3O5S/c1-11(2)28(26,27)21-13-6-4-12(5-7-13)17(23)20-14-8-9-15-16(10-14)19(25)22(3)18(15)24/h8-13,21H,4-7H2,1-3H3,(H,20,23). The zero-order valence-electron chi connectivity index (χ0n) is 16.2. The molecule has 0 saturated heterocycles. The van der Waals surface area contributed by atoms with E-state index in [4.69, 9.17) is 0 Å². The van der Waals surface area contributed by atoms with Crippen LogP contribution < -0.4 is 10.0 Å². The van der Waals surface area contributed by atoms with Crippen LogP contribution in [0.15, 0.2) is 18.2 Å². The second-order valence-electron chi connectivity index (χ2n) is 7.68. The van der Waals surface area contributed by atoms with Gasteiger partial charge in [0.2, 0.25) is 15.9 Å². The molecule has 28 heavy (non-hydrogen) atoms. The lowest BCUT2D eigenvalue weighted by atomic mass is 9.86. The molecule has 3 amide bonds. The molecule has 1 aromatic rings. The summed E-state index contributed by atoms with van der Waals surface area (Å²) in [7, 11) is -1.89. The summed E-state index contributed by atoms with van der Waals surface area (Å²) in [4.78, 5) is 37.6. The minimum Gasteiger partial charge on any atom is -0.326 e. The number of nitrogens with zero attached hydrogens (tertiary/aromatic N) is 1. The van der Waals surface area contributed by atoms with E-state index in [2.05, 4.69) is 10.0 Å². The normalized spacial score (nSPS) is 22.5. The Morgan fingerprint density at radius 3 is 2.29 bits per heavy atom. The molecule has 1 aliphatic heterocycles. The van der Waals surface area contributed by atoms with Crippen LogP contribution in [-0.4, -0.2) is 49.4 Å².